The van der Waals surface area contributed by atoms with Gasteiger partial charge in [0, 0.05) is 6.54 Å². The minimum absolute atomic E-state index is 0.115. The smallest absolute Gasteiger partial charge is 0.335 e. The normalized spacial score (nSPS) is 14.4. The van der Waals surface area contributed by atoms with Crippen molar-refractivity contribution in [1.29, 1.82) is 0 Å². The summed E-state index contributed by atoms with van der Waals surface area (Å²) in [6.07, 6.45) is 2.20. The van der Waals surface area contributed by atoms with Crippen LogP contribution >= 0.6 is 0 Å². The second-order valence-electron chi connectivity index (χ2n) is 4.15. The molecule has 2 rings (SSSR count). The van der Waals surface area contributed by atoms with Gasteiger partial charge in [0.1, 0.15) is 5.82 Å². The molecule has 1 aliphatic rings. The van der Waals surface area contributed by atoms with Crippen LogP contribution in [0.5, 0.6) is 0 Å². The van der Waals surface area contributed by atoms with Gasteiger partial charge in [-0.25, -0.2) is 9.18 Å². The molecule has 0 radical (unpaired) electrons. The lowest BCUT2D eigenvalue weighted by molar-refractivity contribution is 0.0695. The van der Waals surface area contributed by atoms with Gasteiger partial charge in [-0.3, -0.25) is 4.79 Å². The number of carboxylic acids is 1. The second-order valence-corrected chi connectivity index (χ2v) is 4.15. The number of rotatable bonds is 4. The maximum absolute atomic E-state index is 13.5. The predicted octanol–water partition coefficient (Wildman–Crippen LogP) is 1.66. The lowest BCUT2D eigenvalue weighted by Crippen LogP contribution is -2.26. The second kappa shape index (κ2) is 4.53. The molecular formula is C12H12FNO3. The number of amides is 1. The highest BCUT2D eigenvalue weighted by Crippen LogP contribution is 2.27. The number of halogens is 1. The number of carboxylic acid groups (broad SMARTS) is 1. The zero-order chi connectivity index (χ0) is 12.4. The first-order valence-corrected chi connectivity index (χ1v) is 5.39. The molecule has 5 heteroatoms. The van der Waals surface area contributed by atoms with Crippen molar-refractivity contribution in [1.82, 2.24) is 5.32 Å². The molecule has 2 N–H and O–H groups in total. The van der Waals surface area contributed by atoms with E-state index < -0.39 is 17.7 Å². The maximum Gasteiger partial charge on any atom is 0.335 e. The van der Waals surface area contributed by atoms with E-state index in [2.05, 4.69) is 5.32 Å². The van der Waals surface area contributed by atoms with Crippen molar-refractivity contribution < 1.29 is 19.1 Å². The molecule has 17 heavy (non-hydrogen) atoms. The summed E-state index contributed by atoms with van der Waals surface area (Å²) in [6, 6.07) is 3.27. The van der Waals surface area contributed by atoms with E-state index >= 15 is 0 Å². The molecule has 90 valence electrons. The van der Waals surface area contributed by atoms with Gasteiger partial charge in [-0.05, 0) is 37.0 Å². The molecule has 0 unspecified atom stereocenters. The number of hydrogen-bond acceptors (Lipinski definition) is 2. The van der Waals surface area contributed by atoms with Crippen LogP contribution in [-0.2, 0) is 0 Å². The van der Waals surface area contributed by atoms with Crippen LogP contribution in [0.3, 0.4) is 0 Å². The number of nitrogens with one attached hydrogen (secondary N) is 1. The molecule has 0 bridgehead atoms. The maximum atomic E-state index is 13.5. The summed E-state index contributed by atoms with van der Waals surface area (Å²) in [5, 5.41) is 11.3. The highest BCUT2D eigenvalue weighted by Gasteiger charge is 2.22. The quantitative estimate of drug-likeness (QED) is 0.837. The van der Waals surface area contributed by atoms with Crippen molar-refractivity contribution in [3.63, 3.8) is 0 Å². The van der Waals surface area contributed by atoms with E-state index in [1.807, 2.05) is 0 Å². The third-order valence-corrected chi connectivity index (χ3v) is 2.71. The van der Waals surface area contributed by atoms with Gasteiger partial charge in [-0.1, -0.05) is 0 Å². The first-order chi connectivity index (χ1) is 8.08. The Morgan fingerprint density at radius 2 is 2.12 bits per heavy atom. The zero-order valence-electron chi connectivity index (χ0n) is 9.07. The zero-order valence-corrected chi connectivity index (χ0v) is 9.07. The summed E-state index contributed by atoms with van der Waals surface area (Å²) in [7, 11) is 0. The van der Waals surface area contributed by atoms with Crippen LogP contribution in [0.15, 0.2) is 18.2 Å². The number of hydrogen-bond donors (Lipinski definition) is 2. The summed E-state index contributed by atoms with van der Waals surface area (Å²) in [6.45, 7) is 0.555. The van der Waals surface area contributed by atoms with Crippen LogP contribution < -0.4 is 5.32 Å². The molecule has 1 amide bonds. The minimum atomic E-state index is -1.21. The van der Waals surface area contributed by atoms with Gasteiger partial charge in [-0.15, -0.1) is 0 Å². The summed E-state index contributed by atoms with van der Waals surface area (Å²) in [5.41, 5.74) is -0.281. The van der Waals surface area contributed by atoms with Gasteiger partial charge in [-0.2, -0.15) is 0 Å². The number of aromatic carboxylic acids is 1. The Morgan fingerprint density at radius 1 is 1.41 bits per heavy atom. The molecule has 0 spiro atoms. The lowest BCUT2D eigenvalue weighted by atomic mass is 10.1. The molecule has 1 aliphatic carbocycles. The fraction of sp³-hybridized carbons (Fsp3) is 0.333. The van der Waals surface area contributed by atoms with Crippen LogP contribution in [0, 0.1) is 11.7 Å². The van der Waals surface area contributed by atoms with Crippen molar-refractivity contribution in [2.45, 2.75) is 12.8 Å². The van der Waals surface area contributed by atoms with Gasteiger partial charge >= 0.3 is 5.97 Å². The monoisotopic (exact) mass is 237 g/mol. The van der Waals surface area contributed by atoms with Crippen molar-refractivity contribution in [3.05, 3.63) is 35.1 Å². The summed E-state index contributed by atoms with van der Waals surface area (Å²) in [4.78, 5) is 22.2. The molecule has 0 atom stereocenters. The van der Waals surface area contributed by atoms with E-state index in [-0.39, 0.29) is 11.1 Å². The third-order valence-electron chi connectivity index (χ3n) is 2.71. The van der Waals surface area contributed by atoms with Crippen LogP contribution in [-0.4, -0.2) is 23.5 Å². The van der Waals surface area contributed by atoms with Crippen LogP contribution in [0.1, 0.15) is 33.6 Å². The fourth-order valence-electron chi connectivity index (χ4n) is 1.49. The Balaban J connectivity index is 2.08. The van der Waals surface area contributed by atoms with Gasteiger partial charge in [0.05, 0.1) is 11.1 Å². The highest BCUT2D eigenvalue weighted by molar-refractivity contribution is 5.96. The summed E-state index contributed by atoms with van der Waals surface area (Å²) >= 11 is 0. The Hall–Kier alpha value is -1.91. The van der Waals surface area contributed by atoms with Crippen molar-refractivity contribution in [3.8, 4) is 0 Å². The molecule has 0 saturated heterocycles. The predicted molar refractivity (Wildman–Crippen MR) is 58.4 cm³/mol. The minimum Gasteiger partial charge on any atom is -0.478 e. The Bertz CT molecular complexity index is 469. The molecule has 1 fully saturated rings. The number of carbonyl (C=O) groups is 2. The Morgan fingerprint density at radius 3 is 2.65 bits per heavy atom. The molecular weight excluding hydrogens is 225 g/mol. The molecule has 0 aromatic heterocycles. The molecule has 4 nitrogen and oxygen atoms in total. The van der Waals surface area contributed by atoms with Gasteiger partial charge < -0.3 is 10.4 Å². The standard InChI is InChI=1S/C12H12FNO3/c13-10-5-8(12(16)17)3-4-9(10)11(15)14-6-7-1-2-7/h3-5,7H,1-2,6H2,(H,14,15)(H,16,17). The third kappa shape index (κ3) is 2.81. The van der Waals surface area contributed by atoms with Gasteiger partial charge in [0.15, 0.2) is 0 Å². The van der Waals surface area contributed by atoms with Gasteiger partial charge in [0.25, 0.3) is 5.91 Å². The van der Waals surface area contributed by atoms with E-state index in [4.69, 9.17) is 5.11 Å². The number of carbonyl (C=O) groups excluding carboxylic acids is 1. The molecule has 1 saturated carbocycles. The molecule has 1 aromatic carbocycles. The molecule has 0 aliphatic heterocycles. The van der Waals surface area contributed by atoms with E-state index in [1.165, 1.54) is 12.1 Å². The lowest BCUT2D eigenvalue weighted by Gasteiger charge is -2.05. The van der Waals surface area contributed by atoms with Gasteiger partial charge in [0.2, 0.25) is 0 Å². The van der Waals surface area contributed by atoms with E-state index in [0.29, 0.717) is 12.5 Å². The van der Waals surface area contributed by atoms with E-state index in [9.17, 15) is 14.0 Å². The van der Waals surface area contributed by atoms with Crippen molar-refractivity contribution in [2.24, 2.45) is 5.92 Å². The topological polar surface area (TPSA) is 66.4 Å². The van der Waals surface area contributed by atoms with E-state index in [0.717, 1.165) is 18.9 Å². The highest BCUT2D eigenvalue weighted by atomic mass is 19.1. The van der Waals surface area contributed by atoms with Crippen molar-refractivity contribution >= 4 is 11.9 Å². The first-order valence-electron chi connectivity index (χ1n) is 5.39. The summed E-state index contributed by atoms with van der Waals surface area (Å²) < 4.78 is 13.5. The number of benzene rings is 1. The first kappa shape index (κ1) is 11.6. The molecule has 0 heterocycles. The molecule has 1 aromatic rings. The largest absolute Gasteiger partial charge is 0.478 e. The van der Waals surface area contributed by atoms with Crippen LogP contribution in [0.4, 0.5) is 4.39 Å². The average Bonchev–Trinajstić information content (AvgIpc) is 3.09. The summed E-state index contributed by atoms with van der Waals surface area (Å²) in [5.74, 6) is -2.00. The SMILES string of the molecule is O=C(O)c1ccc(C(=O)NCC2CC2)c(F)c1. The Kier molecular flexibility index (Phi) is 3.08. The van der Waals surface area contributed by atoms with E-state index in [1.54, 1.807) is 0 Å². The Labute approximate surface area is 97.4 Å². The van der Waals surface area contributed by atoms with Crippen LogP contribution in [0.25, 0.3) is 0 Å². The van der Waals surface area contributed by atoms with Crippen molar-refractivity contribution in [2.75, 3.05) is 6.54 Å². The fourth-order valence-corrected chi connectivity index (χ4v) is 1.49. The average molecular weight is 237 g/mol. The van der Waals surface area contributed by atoms with Crippen LogP contribution in [0.2, 0.25) is 0 Å².